The number of nitrogens with zero attached hydrogens (tertiary/aromatic N) is 1. The second kappa shape index (κ2) is 9.24. The maximum absolute atomic E-state index is 12.7. The molecule has 1 saturated carbocycles. The normalized spacial score (nSPS) is 16.1. The molecule has 2 aromatic carbocycles. The first-order valence-electron chi connectivity index (χ1n) is 9.88. The Bertz CT molecular complexity index is 899. The van der Waals surface area contributed by atoms with E-state index in [2.05, 4.69) is 16.7 Å². The number of carbonyl (C=O) groups is 2. The van der Waals surface area contributed by atoms with Crippen molar-refractivity contribution in [2.24, 2.45) is 0 Å². The van der Waals surface area contributed by atoms with Gasteiger partial charge < -0.3 is 15.4 Å². The number of carbonyl (C=O) groups excluding carboxylic acids is 2. The number of benzene rings is 2. The number of nitriles is 1. The van der Waals surface area contributed by atoms with Crippen LogP contribution in [-0.4, -0.2) is 23.5 Å². The average Bonchev–Trinajstić information content (AvgIpc) is 2.75. The summed E-state index contributed by atoms with van der Waals surface area (Å²) in [6.45, 7) is 1.62. The van der Waals surface area contributed by atoms with Crippen LogP contribution in [0.2, 0.25) is 0 Å². The quantitative estimate of drug-likeness (QED) is 0.777. The highest BCUT2D eigenvalue weighted by Gasteiger charge is 2.35. The Morgan fingerprint density at radius 1 is 1.03 bits per heavy atom. The van der Waals surface area contributed by atoms with Crippen LogP contribution in [-0.2, 0) is 4.79 Å². The number of nitrogens with one attached hydrogen (secondary N) is 2. The van der Waals surface area contributed by atoms with Crippen molar-refractivity contribution in [2.45, 2.75) is 50.7 Å². The van der Waals surface area contributed by atoms with Crippen LogP contribution in [0.25, 0.3) is 0 Å². The zero-order valence-electron chi connectivity index (χ0n) is 16.5. The molecule has 6 nitrogen and oxygen atoms in total. The molecule has 2 N–H and O–H groups in total. The monoisotopic (exact) mass is 391 g/mol. The number of anilines is 1. The highest BCUT2D eigenvalue weighted by Crippen LogP contribution is 2.28. The minimum atomic E-state index is -0.840. The third-order valence-electron chi connectivity index (χ3n) is 5.12. The molecule has 0 bridgehead atoms. The molecule has 2 amide bonds. The van der Waals surface area contributed by atoms with Gasteiger partial charge in [0.05, 0.1) is 11.6 Å². The second-order valence-corrected chi connectivity index (χ2v) is 7.32. The lowest BCUT2D eigenvalue weighted by molar-refractivity contribution is -0.129. The summed E-state index contributed by atoms with van der Waals surface area (Å²) in [7, 11) is 0. The lowest BCUT2D eigenvalue weighted by Gasteiger charge is -2.32. The number of rotatable bonds is 6. The molecule has 0 spiro atoms. The minimum Gasteiger partial charge on any atom is -0.480 e. The highest BCUT2D eigenvalue weighted by molar-refractivity contribution is 6.06. The topological polar surface area (TPSA) is 91.2 Å². The van der Waals surface area contributed by atoms with E-state index in [0.717, 1.165) is 19.3 Å². The Balaban J connectivity index is 1.69. The Kier molecular flexibility index (Phi) is 6.50. The first kappa shape index (κ1) is 20.4. The molecule has 29 heavy (non-hydrogen) atoms. The zero-order chi connectivity index (χ0) is 20.7. The van der Waals surface area contributed by atoms with Gasteiger partial charge in [-0.2, -0.15) is 5.26 Å². The van der Waals surface area contributed by atoms with Gasteiger partial charge in [0.25, 0.3) is 11.8 Å². The molecule has 1 atom stereocenters. The lowest BCUT2D eigenvalue weighted by Crippen LogP contribution is -2.52. The van der Waals surface area contributed by atoms with Gasteiger partial charge in [0.1, 0.15) is 11.3 Å². The van der Waals surface area contributed by atoms with Gasteiger partial charge in [-0.05, 0) is 44.0 Å². The second-order valence-electron chi connectivity index (χ2n) is 7.32. The van der Waals surface area contributed by atoms with Crippen LogP contribution in [0.5, 0.6) is 5.75 Å². The van der Waals surface area contributed by atoms with E-state index in [0.29, 0.717) is 29.8 Å². The number of hydrogen-bond donors (Lipinski definition) is 2. The van der Waals surface area contributed by atoms with Crippen LogP contribution in [0.15, 0.2) is 54.6 Å². The summed E-state index contributed by atoms with van der Waals surface area (Å²) in [5, 5.41) is 15.2. The van der Waals surface area contributed by atoms with Crippen molar-refractivity contribution in [1.82, 2.24) is 5.32 Å². The largest absolute Gasteiger partial charge is 0.480 e. The Morgan fingerprint density at radius 3 is 2.38 bits per heavy atom. The van der Waals surface area contributed by atoms with Crippen molar-refractivity contribution in [2.75, 3.05) is 5.32 Å². The highest BCUT2D eigenvalue weighted by atomic mass is 16.5. The van der Waals surface area contributed by atoms with Gasteiger partial charge in [0, 0.05) is 5.69 Å². The van der Waals surface area contributed by atoms with E-state index in [9.17, 15) is 14.9 Å². The van der Waals surface area contributed by atoms with Crippen molar-refractivity contribution >= 4 is 17.5 Å². The van der Waals surface area contributed by atoms with Gasteiger partial charge in [-0.3, -0.25) is 9.59 Å². The standard InChI is InChI=1S/C23H25N3O3/c1-17(21(27)26-23(16-24)14-8-3-9-15-23)29-20-13-7-6-12-19(20)22(28)25-18-10-4-2-5-11-18/h2,4-7,10-13,17H,3,8-9,14-15H2,1H3,(H,25,28)(H,26,27)/t17-/m1/s1. The number of hydrogen-bond acceptors (Lipinski definition) is 4. The van der Waals surface area contributed by atoms with Crippen LogP contribution in [0.1, 0.15) is 49.4 Å². The summed E-state index contributed by atoms with van der Waals surface area (Å²) < 4.78 is 5.81. The van der Waals surface area contributed by atoms with Gasteiger partial charge in [0.2, 0.25) is 0 Å². The van der Waals surface area contributed by atoms with E-state index in [1.165, 1.54) is 0 Å². The molecule has 1 aliphatic carbocycles. The molecule has 6 heteroatoms. The first-order valence-corrected chi connectivity index (χ1v) is 9.88. The van der Waals surface area contributed by atoms with E-state index >= 15 is 0 Å². The van der Waals surface area contributed by atoms with Crippen LogP contribution >= 0.6 is 0 Å². The van der Waals surface area contributed by atoms with E-state index in [1.807, 2.05) is 18.2 Å². The molecule has 0 aliphatic heterocycles. The van der Waals surface area contributed by atoms with Crippen molar-refractivity contribution < 1.29 is 14.3 Å². The maximum atomic E-state index is 12.7. The predicted octanol–water partition coefficient (Wildman–Crippen LogP) is 4.05. The van der Waals surface area contributed by atoms with Crippen LogP contribution < -0.4 is 15.4 Å². The fourth-order valence-corrected chi connectivity index (χ4v) is 3.48. The van der Waals surface area contributed by atoms with Gasteiger partial charge in [-0.15, -0.1) is 0 Å². The molecule has 0 heterocycles. The fourth-order valence-electron chi connectivity index (χ4n) is 3.48. The summed E-state index contributed by atoms with van der Waals surface area (Å²) in [6.07, 6.45) is 3.38. The maximum Gasteiger partial charge on any atom is 0.262 e. The smallest absolute Gasteiger partial charge is 0.262 e. The van der Waals surface area contributed by atoms with Crippen LogP contribution in [0.4, 0.5) is 5.69 Å². The Hall–Kier alpha value is -3.33. The molecule has 150 valence electrons. The predicted molar refractivity (Wildman–Crippen MR) is 110 cm³/mol. The van der Waals surface area contributed by atoms with Crippen LogP contribution in [0.3, 0.4) is 0 Å². The molecule has 0 unspecified atom stereocenters. The van der Waals surface area contributed by atoms with E-state index in [4.69, 9.17) is 4.74 Å². The Labute approximate surface area is 170 Å². The minimum absolute atomic E-state index is 0.318. The average molecular weight is 391 g/mol. The molecular formula is C23H25N3O3. The Morgan fingerprint density at radius 2 is 1.69 bits per heavy atom. The summed E-state index contributed by atoms with van der Waals surface area (Å²) in [6, 6.07) is 18.2. The van der Waals surface area contributed by atoms with Gasteiger partial charge >= 0.3 is 0 Å². The SMILES string of the molecule is C[C@@H](Oc1ccccc1C(=O)Nc1ccccc1)C(=O)NC1(C#N)CCCCC1. The molecule has 3 rings (SSSR count). The number of para-hydroxylation sites is 2. The third kappa shape index (κ3) is 5.14. The van der Waals surface area contributed by atoms with Gasteiger partial charge in [-0.25, -0.2) is 0 Å². The van der Waals surface area contributed by atoms with Crippen molar-refractivity contribution in [1.29, 1.82) is 5.26 Å². The number of ether oxygens (including phenoxy) is 1. The molecule has 0 saturated heterocycles. The molecule has 2 aromatic rings. The first-order chi connectivity index (χ1) is 14.0. The van der Waals surface area contributed by atoms with E-state index in [1.54, 1.807) is 43.3 Å². The molecular weight excluding hydrogens is 366 g/mol. The molecule has 0 aromatic heterocycles. The summed E-state index contributed by atoms with van der Waals surface area (Å²) >= 11 is 0. The molecule has 1 fully saturated rings. The molecule has 0 radical (unpaired) electrons. The van der Waals surface area contributed by atoms with Crippen LogP contribution in [0, 0.1) is 11.3 Å². The zero-order valence-corrected chi connectivity index (χ0v) is 16.5. The van der Waals surface area contributed by atoms with Crippen molar-refractivity contribution in [3.63, 3.8) is 0 Å². The third-order valence-corrected chi connectivity index (χ3v) is 5.12. The van der Waals surface area contributed by atoms with Gasteiger partial charge in [0.15, 0.2) is 6.10 Å². The number of amides is 2. The van der Waals surface area contributed by atoms with Gasteiger partial charge in [-0.1, -0.05) is 49.6 Å². The lowest BCUT2D eigenvalue weighted by atomic mass is 9.83. The van der Waals surface area contributed by atoms with E-state index in [-0.39, 0.29) is 11.8 Å². The fraction of sp³-hybridized carbons (Fsp3) is 0.348. The van der Waals surface area contributed by atoms with E-state index < -0.39 is 11.6 Å². The van der Waals surface area contributed by atoms with Crippen molar-refractivity contribution in [3.8, 4) is 11.8 Å². The van der Waals surface area contributed by atoms with Crippen molar-refractivity contribution in [3.05, 3.63) is 60.2 Å². The summed E-state index contributed by atoms with van der Waals surface area (Å²) in [4.78, 5) is 25.3. The summed E-state index contributed by atoms with van der Waals surface area (Å²) in [5.41, 5.74) is 0.187. The molecule has 1 aliphatic rings. The summed E-state index contributed by atoms with van der Waals surface area (Å²) in [5.74, 6) is -0.356.